The van der Waals surface area contributed by atoms with Gasteiger partial charge < -0.3 is 15.2 Å². The van der Waals surface area contributed by atoms with Gasteiger partial charge >= 0.3 is 0 Å². The summed E-state index contributed by atoms with van der Waals surface area (Å²) < 4.78 is 0. The lowest BCUT2D eigenvalue weighted by atomic mass is 10.2. The molecule has 3 nitrogen and oxygen atoms in total. The Balaban J connectivity index is 2.06. The number of hydrogen-bond acceptors (Lipinski definition) is 2. The molecule has 2 N–H and O–H groups in total. The number of likely N-dealkylation sites (N-methyl/N-ethyl adjacent to an activating group) is 1. The highest BCUT2D eigenvalue weighted by atomic mass is 15.1. The summed E-state index contributed by atoms with van der Waals surface area (Å²) in [4.78, 5) is 5.44. The van der Waals surface area contributed by atoms with Crippen LogP contribution in [0.25, 0.3) is 0 Å². The standard InChI is InChI=1S/C12H23N3/c1-11(2)14-7-9-15(3)8-5-12-4-6-13-10-12/h4,6,10-11,13-14H,5,7-9H2,1-3H3. The highest BCUT2D eigenvalue weighted by molar-refractivity contribution is 5.08. The van der Waals surface area contributed by atoms with E-state index in [1.54, 1.807) is 0 Å². The van der Waals surface area contributed by atoms with E-state index in [2.05, 4.69) is 48.4 Å². The monoisotopic (exact) mass is 209 g/mol. The fourth-order valence-electron chi connectivity index (χ4n) is 1.49. The second-order valence-corrected chi connectivity index (χ2v) is 4.38. The average molecular weight is 209 g/mol. The van der Waals surface area contributed by atoms with Crippen molar-refractivity contribution in [2.75, 3.05) is 26.7 Å². The number of aromatic amines is 1. The minimum atomic E-state index is 0.586. The Hall–Kier alpha value is -0.800. The Labute approximate surface area is 92.9 Å². The molecule has 0 aromatic carbocycles. The van der Waals surface area contributed by atoms with Gasteiger partial charge in [-0.3, -0.25) is 0 Å². The van der Waals surface area contributed by atoms with Crippen molar-refractivity contribution in [1.82, 2.24) is 15.2 Å². The van der Waals surface area contributed by atoms with Gasteiger partial charge in [0.25, 0.3) is 0 Å². The first-order valence-electron chi connectivity index (χ1n) is 5.72. The van der Waals surface area contributed by atoms with E-state index >= 15 is 0 Å². The maximum Gasteiger partial charge on any atom is 0.0104 e. The van der Waals surface area contributed by atoms with E-state index in [-0.39, 0.29) is 0 Å². The van der Waals surface area contributed by atoms with Gasteiger partial charge in [-0.25, -0.2) is 0 Å². The zero-order chi connectivity index (χ0) is 11.1. The topological polar surface area (TPSA) is 31.1 Å². The molecule has 0 aliphatic carbocycles. The van der Waals surface area contributed by atoms with Gasteiger partial charge in [0.1, 0.15) is 0 Å². The van der Waals surface area contributed by atoms with Crippen LogP contribution >= 0.6 is 0 Å². The van der Waals surface area contributed by atoms with Crippen molar-refractivity contribution in [3.8, 4) is 0 Å². The highest BCUT2D eigenvalue weighted by Gasteiger charge is 2.00. The minimum Gasteiger partial charge on any atom is -0.367 e. The first-order valence-corrected chi connectivity index (χ1v) is 5.72. The lowest BCUT2D eigenvalue weighted by Gasteiger charge is -2.17. The molecule has 15 heavy (non-hydrogen) atoms. The van der Waals surface area contributed by atoms with Gasteiger partial charge in [0.05, 0.1) is 0 Å². The molecule has 0 fully saturated rings. The number of rotatable bonds is 7. The van der Waals surface area contributed by atoms with Gasteiger partial charge in [0, 0.05) is 38.1 Å². The second-order valence-electron chi connectivity index (χ2n) is 4.38. The predicted molar refractivity (Wildman–Crippen MR) is 65.1 cm³/mol. The molecule has 0 radical (unpaired) electrons. The van der Waals surface area contributed by atoms with E-state index in [9.17, 15) is 0 Å². The van der Waals surface area contributed by atoms with E-state index in [1.807, 2.05) is 6.20 Å². The molecule has 86 valence electrons. The Morgan fingerprint density at radius 3 is 2.80 bits per heavy atom. The van der Waals surface area contributed by atoms with E-state index in [4.69, 9.17) is 0 Å². The van der Waals surface area contributed by atoms with Crippen LogP contribution < -0.4 is 5.32 Å². The number of nitrogens with zero attached hydrogens (tertiary/aromatic N) is 1. The van der Waals surface area contributed by atoms with E-state index in [0.717, 1.165) is 26.1 Å². The number of H-pyrrole nitrogens is 1. The fourth-order valence-corrected chi connectivity index (χ4v) is 1.49. The van der Waals surface area contributed by atoms with Crippen molar-refractivity contribution in [3.05, 3.63) is 24.0 Å². The molecule has 0 atom stereocenters. The molecule has 3 heteroatoms. The maximum atomic E-state index is 3.42. The average Bonchev–Trinajstić information content (AvgIpc) is 2.66. The summed E-state index contributed by atoms with van der Waals surface area (Å²) in [6.07, 6.45) is 5.18. The quantitative estimate of drug-likeness (QED) is 0.713. The van der Waals surface area contributed by atoms with Gasteiger partial charge in [-0.15, -0.1) is 0 Å². The normalized spacial score (nSPS) is 11.5. The van der Waals surface area contributed by atoms with Crippen molar-refractivity contribution in [2.24, 2.45) is 0 Å². The Morgan fingerprint density at radius 1 is 1.40 bits per heavy atom. The highest BCUT2D eigenvalue weighted by Crippen LogP contribution is 1.98. The minimum absolute atomic E-state index is 0.586. The Kier molecular flexibility index (Phi) is 5.43. The van der Waals surface area contributed by atoms with Crippen molar-refractivity contribution < 1.29 is 0 Å². The Bertz CT molecular complexity index is 241. The molecule has 0 saturated heterocycles. The third kappa shape index (κ3) is 5.60. The van der Waals surface area contributed by atoms with E-state index in [1.165, 1.54) is 5.56 Å². The lowest BCUT2D eigenvalue weighted by Crippen LogP contribution is -2.33. The summed E-state index contributed by atoms with van der Waals surface area (Å²) in [5, 5.41) is 3.42. The molecule has 0 spiro atoms. The predicted octanol–water partition coefficient (Wildman–Crippen LogP) is 1.49. The van der Waals surface area contributed by atoms with Crippen LogP contribution in [0, 0.1) is 0 Å². The molecule has 0 amide bonds. The van der Waals surface area contributed by atoms with Crippen molar-refractivity contribution in [3.63, 3.8) is 0 Å². The van der Waals surface area contributed by atoms with Crippen LogP contribution in [-0.2, 0) is 6.42 Å². The van der Waals surface area contributed by atoms with Crippen LogP contribution in [0.1, 0.15) is 19.4 Å². The zero-order valence-electron chi connectivity index (χ0n) is 10.1. The first-order chi connectivity index (χ1) is 7.18. The van der Waals surface area contributed by atoms with Gasteiger partial charge in [-0.05, 0) is 25.1 Å². The summed E-state index contributed by atoms with van der Waals surface area (Å²) in [7, 11) is 2.18. The largest absolute Gasteiger partial charge is 0.367 e. The number of aromatic nitrogens is 1. The van der Waals surface area contributed by atoms with Crippen molar-refractivity contribution in [2.45, 2.75) is 26.3 Å². The van der Waals surface area contributed by atoms with Gasteiger partial charge in [-0.1, -0.05) is 13.8 Å². The smallest absolute Gasteiger partial charge is 0.0104 e. The van der Waals surface area contributed by atoms with Gasteiger partial charge in [0.2, 0.25) is 0 Å². The van der Waals surface area contributed by atoms with Crippen molar-refractivity contribution in [1.29, 1.82) is 0 Å². The van der Waals surface area contributed by atoms with E-state index in [0.29, 0.717) is 6.04 Å². The van der Waals surface area contributed by atoms with E-state index < -0.39 is 0 Å². The van der Waals surface area contributed by atoms with Crippen molar-refractivity contribution >= 4 is 0 Å². The SMILES string of the molecule is CC(C)NCCN(C)CCc1cc[nH]c1. The van der Waals surface area contributed by atoms with Crippen LogP contribution in [0.15, 0.2) is 18.5 Å². The molecule has 1 heterocycles. The van der Waals surface area contributed by atoms with Crippen LogP contribution in [0.2, 0.25) is 0 Å². The molecule has 0 unspecified atom stereocenters. The van der Waals surface area contributed by atoms with Crippen LogP contribution in [0.3, 0.4) is 0 Å². The number of nitrogens with one attached hydrogen (secondary N) is 2. The summed E-state index contributed by atoms with van der Waals surface area (Å²) in [5.41, 5.74) is 1.39. The molecule has 0 aliphatic rings. The second kappa shape index (κ2) is 6.64. The molecule has 1 aromatic rings. The summed E-state index contributed by atoms with van der Waals surface area (Å²) in [6, 6.07) is 2.73. The maximum absolute atomic E-state index is 3.42. The fraction of sp³-hybridized carbons (Fsp3) is 0.667. The molecule has 1 aromatic heterocycles. The van der Waals surface area contributed by atoms with Crippen LogP contribution in [-0.4, -0.2) is 42.6 Å². The Morgan fingerprint density at radius 2 is 2.20 bits per heavy atom. The third-order valence-corrected chi connectivity index (χ3v) is 2.49. The summed E-state index contributed by atoms with van der Waals surface area (Å²) >= 11 is 0. The molecule has 0 saturated carbocycles. The molecule has 0 bridgehead atoms. The molecule has 0 aliphatic heterocycles. The molecular weight excluding hydrogens is 186 g/mol. The summed E-state index contributed by atoms with van der Waals surface area (Å²) in [5.74, 6) is 0. The molecular formula is C12H23N3. The van der Waals surface area contributed by atoms with Gasteiger partial charge in [-0.2, -0.15) is 0 Å². The number of hydrogen-bond donors (Lipinski definition) is 2. The van der Waals surface area contributed by atoms with Crippen LogP contribution in [0.5, 0.6) is 0 Å². The van der Waals surface area contributed by atoms with Crippen LogP contribution in [0.4, 0.5) is 0 Å². The first kappa shape index (κ1) is 12.3. The zero-order valence-corrected chi connectivity index (χ0v) is 10.1. The third-order valence-electron chi connectivity index (χ3n) is 2.49. The lowest BCUT2D eigenvalue weighted by molar-refractivity contribution is 0.331. The van der Waals surface area contributed by atoms with Gasteiger partial charge in [0.15, 0.2) is 0 Å². The molecule has 1 rings (SSSR count). The summed E-state index contributed by atoms with van der Waals surface area (Å²) in [6.45, 7) is 7.67.